The number of fused-ring (bicyclic) bond motifs is 1. The van der Waals surface area contributed by atoms with Crippen LogP contribution in [0.1, 0.15) is 41.4 Å². The Morgan fingerprint density at radius 2 is 1.97 bits per heavy atom. The number of benzene rings is 2. The molecule has 0 spiro atoms. The first kappa shape index (κ1) is 18.9. The number of halogens is 1. The summed E-state index contributed by atoms with van der Waals surface area (Å²) in [5, 5.41) is 6.43. The Labute approximate surface area is 169 Å². The van der Waals surface area contributed by atoms with Gasteiger partial charge in [0.2, 0.25) is 0 Å². The molecule has 1 aromatic heterocycles. The van der Waals surface area contributed by atoms with E-state index in [2.05, 4.69) is 15.6 Å². The molecule has 148 valence electrons. The molecule has 2 heterocycles. The normalized spacial score (nSPS) is 13.9. The monoisotopic (exact) mass is 390 g/mol. The molecule has 0 radical (unpaired) electrons. The van der Waals surface area contributed by atoms with Crippen LogP contribution in [0.2, 0.25) is 0 Å². The van der Waals surface area contributed by atoms with Crippen LogP contribution in [0.15, 0.2) is 60.8 Å². The molecule has 4 rings (SSSR count). The van der Waals surface area contributed by atoms with Gasteiger partial charge >= 0.3 is 0 Å². The Morgan fingerprint density at radius 3 is 2.69 bits per heavy atom. The second kappa shape index (κ2) is 7.91. The van der Waals surface area contributed by atoms with Gasteiger partial charge in [-0.05, 0) is 49.7 Å². The van der Waals surface area contributed by atoms with Crippen molar-refractivity contribution in [2.45, 2.75) is 26.4 Å². The topological polar surface area (TPSA) is 57.3 Å². The molecule has 3 aromatic rings. The number of anilines is 3. The van der Waals surface area contributed by atoms with Gasteiger partial charge in [0.1, 0.15) is 11.6 Å². The summed E-state index contributed by atoms with van der Waals surface area (Å²) in [6, 6.07) is 16.2. The van der Waals surface area contributed by atoms with Crippen molar-refractivity contribution in [3.63, 3.8) is 0 Å². The van der Waals surface area contributed by atoms with Crippen molar-refractivity contribution in [3.8, 4) is 0 Å². The fourth-order valence-corrected chi connectivity index (χ4v) is 3.53. The lowest BCUT2D eigenvalue weighted by Crippen LogP contribution is -2.22. The fourth-order valence-electron chi connectivity index (χ4n) is 3.53. The van der Waals surface area contributed by atoms with E-state index in [0.717, 1.165) is 16.8 Å². The molecule has 6 heteroatoms. The SMILES string of the molecule is CCN1Cc2c(ccnc2N[C@@H](C)c2ccc(Nc3ccccc3)c(F)c2)C1=O. The van der Waals surface area contributed by atoms with Gasteiger partial charge in [-0.1, -0.05) is 24.3 Å². The number of pyridine rings is 1. The average Bonchev–Trinajstić information content (AvgIpc) is 3.07. The maximum absolute atomic E-state index is 14.6. The molecule has 0 saturated carbocycles. The van der Waals surface area contributed by atoms with Gasteiger partial charge < -0.3 is 15.5 Å². The van der Waals surface area contributed by atoms with Crippen LogP contribution in [-0.4, -0.2) is 22.3 Å². The molecule has 1 aliphatic heterocycles. The van der Waals surface area contributed by atoms with Gasteiger partial charge in [0.25, 0.3) is 5.91 Å². The van der Waals surface area contributed by atoms with Crippen molar-refractivity contribution in [2.75, 3.05) is 17.2 Å². The summed E-state index contributed by atoms with van der Waals surface area (Å²) >= 11 is 0. The minimum atomic E-state index is -0.321. The molecule has 5 nitrogen and oxygen atoms in total. The van der Waals surface area contributed by atoms with E-state index in [0.29, 0.717) is 30.2 Å². The standard InChI is InChI=1S/C23H23FN4O/c1-3-28-14-19-18(23(28)29)11-12-25-22(19)26-15(2)16-9-10-21(20(24)13-16)27-17-7-5-4-6-8-17/h4-13,15,27H,3,14H2,1-2H3,(H,25,26)/t15-/m0/s1. The summed E-state index contributed by atoms with van der Waals surface area (Å²) in [6.07, 6.45) is 1.64. The van der Waals surface area contributed by atoms with Crippen LogP contribution < -0.4 is 10.6 Å². The summed E-state index contributed by atoms with van der Waals surface area (Å²) in [4.78, 5) is 18.6. The average molecular weight is 390 g/mol. The van der Waals surface area contributed by atoms with Crippen LogP contribution in [0.4, 0.5) is 21.6 Å². The van der Waals surface area contributed by atoms with Gasteiger partial charge in [-0.15, -0.1) is 0 Å². The Hall–Kier alpha value is -3.41. The number of aromatic nitrogens is 1. The highest BCUT2D eigenvalue weighted by Crippen LogP contribution is 2.30. The minimum Gasteiger partial charge on any atom is -0.363 e. The molecular formula is C23H23FN4O. The van der Waals surface area contributed by atoms with Gasteiger partial charge in [-0.25, -0.2) is 9.37 Å². The second-order valence-electron chi connectivity index (χ2n) is 7.10. The molecule has 1 aliphatic rings. The van der Waals surface area contributed by atoms with E-state index in [1.807, 2.05) is 50.2 Å². The van der Waals surface area contributed by atoms with Gasteiger partial charge in [-0.3, -0.25) is 4.79 Å². The first-order valence-electron chi connectivity index (χ1n) is 9.72. The number of hydrogen-bond acceptors (Lipinski definition) is 4. The van der Waals surface area contributed by atoms with Gasteiger partial charge in [-0.2, -0.15) is 0 Å². The second-order valence-corrected chi connectivity index (χ2v) is 7.10. The number of amides is 1. The van der Waals surface area contributed by atoms with E-state index in [1.54, 1.807) is 23.2 Å². The molecule has 0 saturated heterocycles. The van der Waals surface area contributed by atoms with Crippen molar-refractivity contribution in [2.24, 2.45) is 0 Å². The number of para-hydroxylation sites is 1. The highest BCUT2D eigenvalue weighted by Gasteiger charge is 2.29. The Morgan fingerprint density at radius 1 is 1.17 bits per heavy atom. The van der Waals surface area contributed by atoms with Gasteiger partial charge in [0.15, 0.2) is 0 Å². The first-order valence-corrected chi connectivity index (χ1v) is 9.72. The number of carbonyl (C=O) groups excluding carboxylic acids is 1. The molecule has 0 unspecified atom stereocenters. The predicted octanol–water partition coefficient (Wildman–Crippen LogP) is 5.11. The number of carbonyl (C=O) groups is 1. The molecular weight excluding hydrogens is 367 g/mol. The van der Waals surface area contributed by atoms with Crippen LogP contribution in [-0.2, 0) is 6.54 Å². The Balaban J connectivity index is 1.52. The van der Waals surface area contributed by atoms with E-state index >= 15 is 0 Å². The molecule has 29 heavy (non-hydrogen) atoms. The summed E-state index contributed by atoms with van der Waals surface area (Å²) < 4.78 is 14.6. The summed E-state index contributed by atoms with van der Waals surface area (Å²) in [6.45, 7) is 5.11. The summed E-state index contributed by atoms with van der Waals surface area (Å²) in [5.41, 5.74) is 3.64. The van der Waals surface area contributed by atoms with E-state index in [1.165, 1.54) is 6.07 Å². The smallest absolute Gasteiger partial charge is 0.254 e. The van der Waals surface area contributed by atoms with Gasteiger partial charge in [0, 0.05) is 29.6 Å². The number of nitrogens with one attached hydrogen (secondary N) is 2. The van der Waals surface area contributed by atoms with Crippen LogP contribution in [0, 0.1) is 5.82 Å². The number of rotatable bonds is 6. The quantitative estimate of drug-likeness (QED) is 0.614. The lowest BCUT2D eigenvalue weighted by molar-refractivity contribution is 0.0787. The molecule has 2 N–H and O–H groups in total. The molecule has 1 amide bonds. The Kier molecular flexibility index (Phi) is 5.16. The Bertz CT molecular complexity index is 1040. The fraction of sp³-hybridized carbons (Fsp3) is 0.217. The molecule has 0 fully saturated rings. The van der Waals surface area contributed by atoms with Crippen molar-refractivity contribution < 1.29 is 9.18 Å². The molecule has 1 atom stereocenters. The highest BCUT2D eigenvalue weighted by molar-refractivity contribution is 5.99. The van der Waals surface area contributed by atoms with Crippen LogP contribution >= 0.6 is 0 Å². The van der Waals surface area contributed by atoms with E-state index in [9.17, 15) is 9.18 Å². The zero-order valence-electron chi connectivity index (χ0n) is 16.4. The zero-order chi connectivity index (χ0) is 20.4. The van der Waals surface area contributed by atoms with E-state index in [4.69, 9.17) is 0 Å². The van der Waals surface area contributed by atoms with Gasteiger partial charge in [0.05, 0.1) is 18.3 Å². The predicted molar refractivity (Wildman–Crippen MR) is 113 cm³/mol. The van der Waals surface area contributed by atoms with Crippen molar-refractivity contribution in [1.29, 1.82) is 0 Å². The summed E-state index contributed by atoms with van der Waals surface area (Å²) in [5.74, 6) is 0.382. The van der Waals surface area contributed by atoms with Crippen molar-refractivity contribution >= 4 is 23.1 Å². The van der Waals surface area contributed by atoms with Crippen LogP contribution in [0.25, 0.3) is 0 Å². The maximum atomic E-state index is 14.6. The summed E-state index contributed by atoms with van der Waals surface area (Å²) in [7, 11) is 0. The maximum Gasteiger partial charge on any atom is 0.254 e. The lowest BCUT2D eigenvalue weighted by Gasteiger charge is -2.18. The number of nitrogens with zero attached hydrogens (tertiary/aromatic N) is 2. The highest BCUT2D eigenvalue weighted by atomic mass is 19.1. The van der Waals surface area contributed by atoms with Crippen molar-refractivity contribution in [1.82, 2.24) is 9.88 Å². The lowest BCUT2D eigenvalue weighted by atomic mass is 10.1. The van der Waals surface area contributed by atoms with E-state index in [-0.39, 0.29) is 17.8 Å². The largest absolute Gasteiger partial charge is 0.363 e. The third kappa shape index (κ3) is 3.78. The molecule has 0 bridgehead atoms. The third-order valence-electron chi connectivity index (χ3n) is 5.20. The van der Waals surface area contributed by atoms with Crippen LogP contribution in [0.5, 0.6) is 0 Å². The first-order chi connectivity index (χ1) is 14.1. The molecule has 0 aliphatic carbocycles. The number of hydrogen-bond donors (Lipinski definition) is 2. The minimum absolute atomic E-state index is 0.0305. The zero-order valence-corrected chi connectivity index (χ0v) is 16.4. The van der Waals surface area contributed by atoms with Crippen molar-refractivity contribution in [3.05, 3.63) is 83.3 Å². The van der Waals surface area contributed by atoms with E-state index < -0.39 is 0 Å². The molecule has 2 aromatic carbocycles. The third-order valence-corrected chi connectivity index (χ3v) is 5.20. The van der Waals surface area contributed by atoms with Crippen LogP contribution in [0.3, 0.4) is 0 Å².